The molecule has 0 amide bonds. The number of hydrogen-bond acceptors (Lipinski definition) is 12. The fourth-order valence-corrected chi connectivity index (χ4v) is 4.40. The molecule has 0 fully saturated rings. The Bertz CT molecular complexity index is 1840. The number of rotatable bonds is 0. The predicted molar refractivity (Wildman–Crippen MR) is 261 cm³/mol. The van der Waals surface area contributed by atoms with Crippen LogP contribution in [0.1, 0.15) is 157 Å². The van der Waals surface area contributed by atoms with Gasteiger partial charge in [-0.05, 0) is 128 Å². The summed E-state index contributed by atoms with van der Waals surface area (Å²) in [4.78, 5) is 19.7. The maximum absolute atomic E-state index is 4.25. The van der Waals surface area contributed by atoms with Crippen LogP contribution < -0.4 is 0 Å². The van der Waals surface area contributed by atoms with Crippen LogP contribution >= 0.6 is 0 Å². The summed E-state index contributed by atoms with van der Waals surface area (Å²) in [6.45, 7) is 44.0. The summed E-state index contributed by atoms with van der Waals surface area (Å²) in [7, 11) is 0. The number of hydrogen-bond donors (Lipinski definition) is 0. The van der Waals surface area contributed by atoms with Gasteiger partial charge in [0.2, 0.25) is 0 Å². The Morgan fingerprint density at radius 2 is 0.846 bits per heavy atom. The second kappa shape index (κ2) is 24.9. The van der Waals surface area contributed by atoms with Gasteiger partial charge < -0.3 is 0 Å². The smallest absolute Gasteiger partial charge is 0.137 e. The molecule has 0 spiro atoms. The third kappa shape index (κ3) is 24.0. The Kier molecular flexibility index (Phi) is 21.8. The molecule has 0 saturated carbocycles. The monoisotopic (exact) mass is 896 g/mol. The maximum Gasteiger partial charge on any atom is 0.137 e. The van der Waals surface area contributed by atoms with Gasteiger partial charge in [0.05, 0.1) is 58.7 Å². The molecule has 0 aliphatic heterocycles. The molecule has 7 aromatic rings. The van der Waals surface area contributed by atoms with Gasteiger partial charge in [0.1, 0.15) is 18.5 Å². The van der Waals surface area contributed by atoms with E-state index in [4.69, 9.17) is 0 Å². The van der Waals surface area contributed by atoms with E-state index in [1.807, 2.05) is 56.9 Å². The van der Waals surface area contributed by atoms with Crippen LogP contribution in [-0.2, 0) is 38.5 Å². The highest BCUT2D eigenvalue weighted by Crippen LogP contribution is 2.19. The van der Waals surface area contributed by atoms with Crippen molar-refractivity contribution >= 4 is 0 Å². The van der Waals surface area contributed by atoms with E-state index in [-0.39, 0.29) is 38.5 Å². The summed E-state index contributed by atoms with van der Waals surface area (Å²) in [6, 6.07) is 9.78. The molecule has 17 heteroatoms. The SMILES string of the molecule is CC(C)(C)c1ccccn1.CC(C)(C)c1ncccn1.CC(C)(C)n1cccn1.CC(C)(C)n1ccnn1.CC(C)(C)n1cncn1.CC(C)(C)n1nccn1.CC(C)(C)n1nccn1. The van der Waals surface area contributed by atoms with Crippen LogP contribution in [0.15, 0.2) is 111 Å². The van der Waals surface area contributed by atoms with Crippen molar-refractivity contribution in [2.45, 2.75) is 184 Å². The van der Waals surface area contributed by atoms with Crippen LogP contribution in [0.25, 0.3) is 0 Å². The molecule has 358 valence electrons. The first-order chi connectivity index (χ1) is 29.7. The number of nitrogens with zero attached hydrogens (tertiary/aromatic N) is 17. The van der Waals surface area contributed by atoms with Crippen molar-refractivity contribution in [2.24, 2.45) is 0 Å². The van der Waals surface area contributed by atoms with E-state index in [1.165, 1.54) is 0 Å². The lowest BCUT2D eigenvalue weighted by atomic mass is 9.92. The van der Waals surface area contributed by atoms with E-state index < -0.39 is 0 Å². The molecule has 17 nitrogen and oxygen atoms in total. The highest BCUT2D eigenvalue weighted by Gasteiger charge is 2.17. The zero-order chi connectivity index (χ0) is 49.8. The summed E-state index contributed by atoms with van der Waals surface area (Å²) < 4.78 is 5.59. The van der Waals surface area contributed by atoms with E-state index in [0.717, 1.165) is 11.5 Å². The fraction of sp³-hybridized carbons (Fsp3) is 0.583. The summed E-state index contributed by atoms with van der Waals surface area (Å²) >= 11 is 0. The standard InChI is InChI=1S/C9H13N.C8H12N2.C7H12N2.4C6H11N3/c1-9(2,3)8-6-4-5-7-10-8;1-8(2,3)7-9-5-4-6-10-7;1-7(2,3)9-6-4-5-8-9;1-6(2,3)9-5-7-4-8-9;1-6(2,3)9-5-4-7-8-9;2*1-6(2,3)9-7-4-5-8-9/h4-7H,1-3H3;4-6H,1-3H3;4-6H,1-3H3;4*4-5H,1-3H3. The normalized spacial score (nSPS) is 11.8. The molecule has 0 aromatic carbocycles. The van der Waals surface area contributed by atoms with Crippen LogP contribution in [-0.4, -0.2) is 84.5 Å². The second-order valence-electron chi connectivity index (χ2n) is 21.9. The lowest BCUT2D eigenvalue weighted by molar-refractivity contribution is 0.312. The minimum absolute atomic E-state index is 0.0174. The Hall–Kier alpha value is -6.00. The third-order valence-corrected chi connectivity index (χ3v) is 8.11. The van der Waals surface area contributed by atoms with Gasteiger partial charge in [-0.2, -0.15) is 40.2 Å². The molecule has 7 aromatic heterocycles. The van der Waals surface area contributed by atoms with E-state index in [1.54, 1.807) is 71.8 Å². The van der Waals surface area contributed by atoms with Crippen molar-refractivity contribution in [2.75, 3.05) is 0 Å². The molecule has 0 atom stereocenters. The predicted octanol–water partition coefficient (Wildman–Crippen LogP) is 9.92. The third-order valence-electron chi connectivity index (χ3n) is 8.11. The van der Waals surface area contributed by atoms with Crippen LogP contribution in [0.4, 0.5) is 0 Å². The van der Waals surface area contributed by atoms with Gasteiger partial charge in [-0.1, -0.05) is 52.8 Å². The molecule has 0 unspecified atom stereocenters. The van der Waals surface area contributed by atoms with Gasteiger partial charge in [0.25, 0.3) is 0 Å². The molecule has 0 N–H and O–H groups in total. The molecule has 0 radical (unpaired) electrons. The summed E-state index contributed by atoms with van der Waals surface area (Å²) in [6.07, 6.45) is 22.7. The van der Waals surface area contributed by atoms with Gasteiger partial charge in [-0.3, -0.25) is 9.67 Å². The highest BCUT2D eigenvalue weighted by molar-refractivity contribution is 5.12. The first-order valence-electron chi connectivity index (χ1n) is 21.9. The van der Waals surface area contributed by atoms with E-state index in [2.05, 4.69) is 212 Å². The minimum Gasteiger partial charge on any atom is -0.268 e. The van der Waals surface area contributed by atoms with Crippen molar-refractivity contribution in [1.82, 2.24) is 84.5 Å². The topological polar surface area (TPSA) is 179 Å². The summed E-state index contributed by atoms with van der Waals surface area (Å²) in [5, 5.41) is 31.6. The van der Waals surface area contributed by atoms with E-state index in [0.29, 0.717) is 0 Å². The zero-order valence-electron chi connectivity index (χ0n) is 43.5. The van der Waals surface area contributed by atoms with Crippen LogP contribution in [0.3, 0.4) is 0 Å². The van der Waals surface area contributed by atoms with Crippen molar-refractivity contribution in [3.8, 4) is 0 Å². The first kappa shape index (κ1) is 57.0. The van der Waals surface area contributed by atoms with Crippen LogP contribution in [0.5, 0.6) is 0 Å². The lowest BCUT2D eigenvalue weighted by Gasteiger charge is -2.18. The molecule has 0 aliphatic carbocycles. The highest BCUT2D eigenvalue weighted by atomic mass is 15.5. The quantitative estimate of drug-likeness (QED) is 0.141. The van der Waals surface area contributed by atoms with Crippen molar-refractivity contribution < 1.29 is 0 Å². The minimum atomic E-state index is 0.0174. The van der Waals surface area contributed by atoms with Gasteiger partial charge in [0.15, 0.2) is 0 Å². The van der Waals surface area contributed by atoms with Gasteiger partial charge in [-0.15, -0.1) is 5.10 Å². The molecule has 0 saturated heterocycles. The first-order valence-corrected chi connectivity index (χ1v) is 21.9. The number of pyridine rings is 1. The van der Waals surface area contributed by atoms with Crippen LogP contribution in [0.2, 0.25) is 0 Å². The molecule has 0 bridgehead atoms. The molecule has 7 heterocycles. The summed E-state index contributed by atoms with van der Waals surface area (Å²) in [5.41, 5.74) is 1.70. The Labute approximate surface area is 390 Å². The molecule has 0 aliphatic rings. The molecule has 7 rings (SSSR count). The average molecular weight is 896 g/mol. The molecular weight excluding hydrogens is 815 g/mol. The Morgan fingerprint density at radius 1 is 0.369 bits per heavy atom. The van der Waals surface area contributed by atoms with Gasteiger partial charge in [-0.25, -0.2) is 24.3 Å². The fourth-order valence-electron chi connectivity index (χ4n) is 4.40. The van der Waals surface area contributed by atoms with Crippen LogP contribution in [0, 0.1) is 0 Å². The number of aromatic nitrogens is 17. The largest absolute Gasteiger partial charge is 0.268 e. The van der Waals surface area contributed by atoms with Crippen molar-refractivity contribution in [3.63, 3.8) is 0 Å². The van der Waals surface area contributed by atoms with Gasteiger partial charge in [0, 0.05) is 53.7 Å². The van der Waals surface area contributed by atoms with E-state index >= 15 is 0 Å². The zero-order valence-corrected chi connectivity index (χ0v) is 43.5. The van der Waals surface area contributed by atoms with Crippen molar-refractivity contribution in [3.05, 3.63) is 123 Å². The molecule has 65 heavy (non-hydrogen) atoms. The van der Waals surface area contributed by atoms with Gasteiger partial charge >= 0.3 is 0 Å². The lowest BCUT2D eigenvalue weighted by Crippen LogP contribution is -2.24. The second-order valence-corrected chi connectivity index (χ2v) is 21.9. The molecular formula is C48H81N17. The maximum atomic E-state index is 4.25. The van der Waals surface area contributed by atoms with Crippen molar-refractivity contribution in [1.29, 1.82) is 0 Å². The van der Waals surface area contributed by atoms with E-state index in [9.17, 15) is 0 Å². The average Bonchev–Trinajstić information content (AvgIpc) is 4.05. The Morgan fingerprint density at radius 3 is 1.06 bits per heavy atom. The summed E-state index contributed by atoms with van der Waals surface area (Å²) in [5.74, 6) is 0.898. The Balaban J connectivity index is 0.000000379.